The summed E-state index contributed by atoms with van der Waals surface area (Å²) in [6.45, 7) is 3.74. The van der Waals surface area contributed by atoms with Gasteiger partial charge in [-0.25, -0.2) is 9.69 Å². The van der Waals surface area contributed by atoms with Gasteiger partial charge < -0.3 is 35.5 Å². The van der Waals surface area contributed by atoms with E-state index in [9.17, 15) is 43.5 Å². The Morgan fingerprint density at radius 3 is 2.33 bits per heavy atom. The Morgan fingerprint density at radius 1 is 1.00 bits per heavy atom. The Kier molecular flexibility index (Phi) is 12.6. The Balaban J connectivity index is 1.23. The summed E-state index contributed by atoms with van der Waals surface area (Å²) in [4.78, 5) is 109. The van der Waals surface area contributed by atoms with Crippen LogP contribution in [0, 0.1) is 0 Å². The summed E-state index contributed by atoms with van der Waals surface area (Å²) >= 11 is 1.19. The number of thioether (sulfide) groups is 1. The number of carboxylic acids is 1. The average Bonchev–Trinajstić information content (AvgIpc) is 3.68. The van der Waals surface area contributed by atoms with Crippen LogP contribution in [0.25, 0.3) is 11.3 Å². The van der Waals surface area contributed by atoms with Crippen LogP contribution in [0.15, 0.2) is 82.8 Å². The summed E-state index contributed by atoms with van der Waals surface area (Å²) in [5, 5.41) is 12.2. The molecule has 0 spiro atoms. The molecule has 0 saturated carbocycles. The number of carboxylic acid groups (broad SMARTS) is 1. The molecule has 304 valence electrons. The predicted molar refractivity (Wildman–Crippen MR) is 209 cm³/mol. The van der Waals surface area contributed by atoms with Gasteiger partial charge in [-0.2, -0.15) is 0 Å². The molecule has 2 saturated heterocycles. The fourth-order valence-corrected chi connectivity index (χ4v) is 8.45. The number of pyridine rings is 1. The zero-order valence-corrected chi connectivity index (χ0v) is 32.7. The second-order valence-electron chi connectivity index (χ2n) is 13.9. The van der Waals surface area contributed by atoms with E-state index in [4.69, 9.17) is 15.2 Å². The molecule has 4 heterocycles. The van der Waals surface area contributed by atoms with Crippen LogP contribution in [0.3, 0.4) is 0 Å². The minimum atomic E-state index is -1.39. The van der Waals surface area contributed by atoms with E-state index < -0.39 is 70.7 Å². The number of β-lactam (4-membered cyclic amide) rings is 1. The van der Waals surface area contributed by atoms with Gasteiger partial charge in [0.05, 0.1) is 18.3 Å². The van der Waals surface area contributed by atoms with Crippen LogP contribution < -0.4 is 21.5 Å². The molecule has 3 aliphatic heterocycles. The van der Waals surface area contributed by atoms with Crippen molar-refractivity contribution in [2.75, 3.05) is 23.8 Å². The zero-order valence-electron chi connectivity index (χ0n) is 31.8. The third-order valence-corrected chi connectivity index (χ3v) is 11.3. The molecule has 3 unspecified atom stereocenters. The molecular formula is C40H42N6O11S. The number of imide groups is 1. The van der Waals surface area contributed by atoms with E-state index in [-0.39, 0.29) is 61.1 Å². The maximum absolute atomic E-state index is 14.1. The number of H-pyrrole nitrogens is 1. The molecule has 3 aromatic rings. The number of anilines is 1. The molecule has 2 aromatic carbocycles. The maximum Gasteiger partial charge on any atom is 0.352 e. The first kappa shape index (κ1) is 41.5. The SMILES string of the molecule is CCC(=O)OC1CN[C@H](C(=O)N(C(C)=O)c2ccc(-c3ccc(CN(C(=O)C(N)c4ccccc4)C4C(=O)N5C(C(=O)O)=C(COC(C)=O)CS[C@@H]45)c(=O)[nH]3)cc2)C1. The van der Waals surface area contributed by atoms with Gasteiger partial charge in [0.15, 0.2) is 0 Å². The van der Waals surface area contributed by atoms with Gasteiger partial charge in [-0.15, -0.1) is 11.8 Å². The van der Waals surface area contributed by atoms with E-state index in [0.29, 0.717) is 22.5 Å². The number of aliphatic carboxylic acids is 1. The smallest absolute Gasteiger partial charge is 0.352 e. The number of aromatic amines is 1. The third-order valence-electron chi connectivity index (χ3n) is 9.99. The standard InChI is InChI=1S/C40H42N6O11S/c1-4-31(49)57-28-16-30(42-17-28)36(51)45(21(2)47)27-13-10-23(11-14-27)29-15-12-25(35(50)43-29)18-44(37(52)32(41)24-8-6-5-7-9-24)34-38(53)46-33(40(54)55)26(19-56-22(3)48)20-58-39(34)46/h5-15,28,30,32,34,39,42H,4,16-20,41H2,1-3H3,(H,43,50)(H,54,55)/t28?,30-,32?,34?,39-/m0/s1. The molecule has 1 aromatic heterocycles. The van der Waals surface area contributed by atoms with Gasteiger partial charge in [-0.1, -0.05) is 49.4 Å². The van der Waals surface area contributed by atoms with Crippen molar-refractivity contribution in [1.82, 2.24) is 20.1 Å². The molecule has 4 amide bonds. The van der Waals surface area contributed by atoms with Crippen molar-refractivity contribution in [3.8, 4) is 11.3 Å². The van der Waals surface area contributed by atoms with Crippen LogP contribution in [0.2, 0.25) is 0 Å². The number of carbonyl (C=O) groups excluding carboxylic acids is 6. The van der Waals surface area contributed by atoms with Crippen molar-refractivity contribution in [1.29, 1.82) is 0 Å². The molecule has 0 radical (unpaired) electrons. The Hall–Kier alpha value is -6.11. The fraction of sp³-hybridized carbons (Fsp3) is 0.350. The van der Waals surface area contributed by atoms with E-state index in [2.05, 4.69) is 10.3 Å². The number of carbonyl (C=O) groups is 7. The molecule has 5 N–H and O–H groups in total. The van der Waals surface area contributed by atoms with Crippen molar-refractivity contribution in [3.05, 3.63) is 99.5 Å². The molecule has 2 fully saturated rings. The van der Waals surface area contributed by atoms with Crippen molar-refractivity contribution < 1.29 is 48.1 Å². The number of fused-ring (bicyclic) bond motifs is 1. The van der Waals surface area contributed by atoms with Crippen LogP contribution in [0.5, 0.6) is 0 Å². The zero-order chi connectivity index (χ0) is 41.8. The lowest BCUT2D eigenvalue weighted by molar-refractivity contribution is -0.161. The number of benzene rings is 2. The first-order valence-electron chi connectivity index (χ1n) is 18.4. The van der Waals surface area contributed by atoms with Crippen molar-refractivity contribution >= 4 is 59.0 Å². The summed E-state index contributed by atoms with van der Waals surface area (Å²) in [7, 11) is 0. The monoisotopic (exact) mass is 814 g/mol. The highest BCUT2D eigenvalue weighted by Gasteiger charge is 2.57. The van der Waals surface area contributed by atoms with Crippen LogP contribution in [0.1, 0.15) is 50.8 Å². The number of hydrogen-bond donors (Lipinski definition) is 4. The van der Waals surface area contributed by atoms with Gasteiger partial charge >= 0.3 is 17.9 Å². The van der Waals surface area contributed by atoms with E-state index >= 15 is 0 Å². The normalized spacial score (nSPS) is 20.3. The van der Waals surface area contributed by atoms with Gasteiger partial charge in [-0.3, -0.25) is 38.5 Å². The average molecular weight is 815 g/mol. The second kappa shape index (κ2) is 17.6. The lowest BCUT2D eigenvalue weighted by Gasteiger charge is -2.53. The number of nitrogens with two attached hydrogens (primary N) is 1. The van der Waals surface area contributed by atoms with Crippen LogP contribution >= 0.6 is 11.8 Å². The maximum atomic E-state index is 14.1. The van der Waals surface area contributed by atoms with Crippen LogP contribution in [-0.4, -0.2) is 104 Å². The van der Waals surface area contributed by atoms with Gasteiger partial charge in [0.2, 0.25) is 11.8 Å². The molecule has 18 heteroatoms. The van der Waals surface area contributed by atoms with Gasteiger partial charge in [0.25, 0.3) is 17.4 Å². The summed E-state index contributed by atoms with van der Waals surface area (Å²) in [5.41, 5.74) is 7.55. The second-order valence-corrected chi connectivity index (χ2v) is 15.0. The lowest BCUT2D eigenvalue weighted by Crippen LogP contribution is -2.71. The van der Waals surface area contributed by atoms with E-state index in [1.807, 2.05) is 0 Å². The van der Waals surface area contributed by atoms with Crippen molar-refractivity contribution in [2.24, 2.45) is 5.73 Å². The minimum absolute atomic E-state index is 0.104. The molecule has 3 aliphatic rings. The van der Waals surface area contributed by atoms with Gasteiger partial charge in [0, 0.05) is 55.8 Å². The third kappa shape index (κ3) is 8.58. The summed E-state index contributed by atoms with van der Waals surface area (Å²) in [6, 6.07) is 14.8. The Labute approximate surface area is 336 Å². The molecule has 0 aliphatic carbocycles. The topological polar surface area (TPSA) is 239 Å². The first-order valence-corrected chi connectivity index (χ1v) is 19.5. The number of esters is 2. The summed E-state index contributed by atoms with van der Waals surface area (Å²) < 4.78 is 10.4. The molecule has 58 heavy (non-hydrogen) atoms. The molecule has 5 atom stereocenters. The molecular weight excluding hydrogens is 773 g/mol. The Bertz CT molecular complexity index is 2230. The van der Waals surface area contributed by atoms with Gasteiger partial charge in [0.1, 0.15) is 35.9 Å². The first-order chi connectivity index (χ1) is 27.7. The summed E-state index contributed by atoms with van der Waals surface area (Å²) in [5.74, 6) is -4.67. The number of nitrogens with one attached hydrogen (secondary N) is 2. The van der Waals surface area contributed by atoms with Crippen LogP contribution in [0.4, 0.5) is 5.69 Å². The highest BCUT2D eigenvalue weighted by molar-refractivity contribution is 8.00. The number of hydrogen-bond acceptors (Lipinski definition) is 13. The molecule has 6 rings (SSSR count). The van der Waals surface area contributed by atoms with E-state index in [1.54, 1.807) is 67.6 Å². The number of nitrogens with zero attached hydrogens (tertiary/aromatic N) is 3. The highest BCUT2D eigenvalue weighted by Crippen LogP contribution is 2.43. The fourth-order valence-electron chi connectivity index (χ4n) is 7.05. The molecule has 17 nitrogen and oxygen atoms in total. The van der Waals surface area contributed by atoms with Crippen LogP contribution in [-0.2, 0) is 49.6 Å². The largest absolute Gasteiger partial charge is 0.477 e. The minimum Gasteiger partial charge on any atom is -0.477 e. The highest BCUT2D eigenvalue weighted by atomic mass is 32.2. The number of rotatable bonds is 13. The predicted octanol–water partition coefficient (Wildman–Crippen LogP) is 1.82. The van der Waals surface area contributed by atoms with Crippen molar-refractivity contribution in [3.63, 3.8) is 0 Å². The number of aromatic nitrogens is 1. The quantitative estimate of drug-likeness (QED) is 0.142. The Morgan fingerprint density at radius 2 is 1.71 bits per heavy atom. The van der Waals surface area contributed by atoms with Crippen molar-refractivity contribution in [2.45, 2.75) is 69.8 Å². The molecule has 0 bridgehead atoms. The number of ether oxygens (including phenoxy) is 2. The van der Waals surface area contributed by atoms with E-state index in [0.717, 1.165) is 9.80 Å². The number of amides is 4. The van der Waals surface area contributed by atoms with Gasteiger partial charge in [-0.05, 0) is 35.4 Å². The van der Waals surface area contributed by atoms with E-state index in [1.165, 1.54) is 36.6 Å². The lowest BCUT2D eigenvalue weighted by atomic mass is 9.98. The summed E-state index contributed by atoms with van der Waals surface area (Å²) in [6.07, 6.45) is -0.0744.